The number of aliphatic imine (C=N–C) groups is 1. The summed E-state index contributed by atoms with van der Waals surface area (Å²) < 4.78 is 5.31. The Kier molecular flexibility index (Phi) is 6.42. The molecule has 1 aromatic rings. The van der Waals surface area contributed by atoms with Crippen LogP contribution in [0.25, 0.3) is 0 Å². The van der Waals surface area contributed by atoms with Gasteiger partial charge in [-0.15, -0.1) is 0 Å². The number of ether oxygens (including phenoxy) is 1. The van der Waals surface area contributed by atoms with Crippen molar-refractivity contribution in [1.29, 1.82) is 0 Å². The van der Waals surface area contributed by atoms with Crippen molar-refractivity contribution >= 4 is 23.3 Å². The minimum Gasteiger partial charge on any atom is -0.496 e. The Morgan fingerprint density at radius 3 is 2.84 bits per heavy atom. The van der Waals surface area contributed by atoms with Gasteiger partial charge < -0.3 is 15.2 Å². The zero-order chi connectivity index (χ0) is 18.4. The van der Waals surface area contributed by atoms with Gasteiger partial charge in [-0.2, -0.15) is 0 Å². The van der Waals surface area contributed by atoms with E-state index in [0.29, 0.717) is 23.0 Å². The van der Waals surface area contributed by atoms with Gasteiger partial charge in [0, 0.05) is 40.7 Å². The first-order chi connectivity index (χ1) is 11.9. The summed E-state index contributed by atoms with van der Waals surface area (Å²) in [7, 11) is 1.57. The molecule has 0 fully saturated rings. The number of hydrogen-bond donors (Lipinski definition) is 2. The van der Waals surface area contributed by atoms with E-state index in [2.05, 4.69) is 10.3 Å². The van der Waals surface area contributed by atoms with Crippen LogP contribution in [0.2, 0.25) is 5.02 Å². The van der Waals surface area contributed by atoms with Crippen LogP contribution in [0.4, 0.5) is 0 Å². The van der Waals surface area contributed by atoms with Gasteiger partial charge in [0.2, 0.25) is 0 Å². The number of carboxylic acids is 1. The second kappa shape index (κ2) is 8.53. The molecule has 1 aliphatic rings. The van der Waals surface area contributed by atoms with Crippen LogP contribution in [-0.2, 0) is 11.3 Å². The normalized spacial score (nSPS) is 16.3. The molecule has 0 saturated heterocycles. The van der Waals surface area contributed by atoms with Crippen LogP contribution in [0.5, 0.6) is 5.75 Å². The summed E-state index contributed by atoms with van der Waals surface area (Å²) in [4.78, 5) is 16.0. The molecule has 132 valence electrons. The lowest BCUT2D eigenvalue weighted by Gasteiger charge is -2.17. The predicted octanol–water partition coefficient (Wildman–Crippen LogP) is 4.10. The van der Waals surface area contributed by atoms with Gasteiger partial charge in [-0.3, -0.25) is 4.99 Å². The highest BCUT2D eigenvalue weighted by Crippen LogP contribution is 2.24. The van der Waals surface area contributed by atoms with Crippen molar-refractivity contribution in [3.8, 4) is 5.75 Å². The Balaban J connectivity index is 2.20. The summed E-state index contributed by atoms with van der Waals surface area (Å²) >= 11 is 5.96. The smallest absolute Gasteiger partial charge is 0.334 e. The van der Waals surface area contributed by atoms with E-state index in [4.69, 9.17) is 16.3 Å². The van der Waals surface area contributed by atoms with Crippen molar-refractivity contribution in [1.82, 2.24) is 5.32 Å². The molecule has 0 amide bonds. The van der Waals surface area contributed by atoms with E-state index in [1.165, 1.54) is 0 Å². The average molecular weight is 361 g/mol. The summed E-state index contributed by atoms with van der Waals surface area (Å²) in [6.07, 6.45) is 5.74. The van der Waals surface area contributed by atoms with Crippen LogP contribution in [-0.4, -0.2) is 23.9 Å². The van der Waals surface area contributed by atoms with Crippen molar-refractivity contribution in [3.63, 3.8) is 0 Å². The third kappa shape index (κ3) is 4.97. The molecular weight excluding hydrogens is 340 g/mol. The Morgan fingerprint density at radius 1 is 1.44 bits per heavy atom. The van der Waals surface area contributed by atoms with Crippen molar-refractivity contribution in [2.45, 2.75) is 26.8 Å². The molecule has 6 heteroatoms. The number of nitrogens with one attached hydrogen (secondary N) is 1. The van der Waals surface area contributed by atoms with Crippen molar-refractivity contribution < 1.29 is 14.6 Å². The van der Waals surface area contributed by atoms with Crippen LogP contribution in [0, 0.1) is 0 Å². The zero-order valence-corrected chi connectivity index (χ0v) is 15.2. The fourth-order valence-electron chi connectivity index (χ4n) is 2.39. The van der Waals surface area contributed by atoms with Crippen LogP contribution in [0.15, 0.2) is 58.4 Å². The maximum Gasteiger partial charge on any atom is 0.334 e. The van der Waals surface area contributed by atoms with E-state index in [0.717, 1.165) is 17.0 Å². The average Bonchev–Trinajstić information content (AvgIpc) is 2.60. The minimum atomic E-state index is -0.958. The lowest BCUT2D eigenvalue weighted by molar-refractivity contribution is -0.132. The molecule has 0 saturated carbocycles. The second-order valence-corrected chi connectivity index (χ2v) is 5.99. The molecule has 0 bridgehead atoms. The van der Waals surface area contributed by atoms with Gasteiger partial charge in [-0.25, -0.2) is 4.79 Å². The number of rotatable bonds is 6. The topological polar surface area (TPSA) is 70.9 Å². The first kappa shape index (κ1) is 18.8. The van der Waals surface area contributed by atoms with Gasteiger partial charge in [-0.05, 0) is 38.1 Å². The highest BCUT2D eigenvalue weighted by molar-refractivity contribution is 6.30. The number of carboxylic acid groups (broad SMARTS) is 1. The largest absolute Gasteiger partial charge is 0.496 e. The highest BCUT2D eigenvalue weighted by atomic mass is 35.5. The number of methoxy groups -OCH3 is 1. The van der Waals surface area contributed by atoms with Gasteiger partial charge in [0.1, 0.15) is 5.75 Å². The molecule has 25 heavy (non-hydrogen) atoms. The molecule has 0 atom stereocenters. The fraction of sp³-hybridized carbons (Fsp3) is 0.263. The molecule has 1 aliphatic carbocycles. The van der Waals surface area contributed by atoms with Crippen molar-refractivity contribution in [3.05, 3.63) is 64.0 Å². The van der Waals surface area contributed by atoms with E-state index in [-0.39, 0.29) is 12.0 Å². The SMILES string of the molecule is C/C=C(C)\N=C1\C=CC(NCc2ccc(Cl)cc2OC)=C(C(=O)O)C1. The number of allylic oxidation sites excluding steroid dienone is 4. The van der Waals surface area contributed by atoms with Crippen molar-refractivity contribution in [2.75, 3.05) is 7.11 Å². The number of benzene rings is 1. The summed E-state index contributed by atoms with van der Waals surface area (Å²) in [5.74, 6) is -0.302. The Bertz CT molecular complexity index is 792. The van der Waals surface area contributed by atoms with Gasteiger partial charge >= 0.3 is 5.97 Å². The number of nitrogens with zero attached hydrogens (tertiary/aromatic N) is 1. The molecular formula is C19H21ClN2O3. The predicted molar refractivity (Wildman–Crippen MR) is 100 cm³/mol. The van der Waals surface area contributed by atoms with Crippen LogP contribution in [0.3, 0.4) is 0 Å². The van der Waals surface area contributed by atoms with Gasteiger partial charge in [0.05, 0.1) is 12.7 Å². The maximum absolute atomic E-state index is 11.6. The molecule has 0 radical (unpaired) electrons. The van der Waals surface area contributed by atoms with E-state index in [1.54, 1.807) is 25.3 Å². The molecule has 2 rings (SSSR count). The maximum atomic E-state index is 11.6. The monoisotopic (exact) mass is 360 g/mol. The molecule has 0 unspecified atom stereocenters. The Hall–Kier alpha value is -2.53. The number of aliphatic carboxylic acids is 1. The molecule has 0 spiro atoms. The number of carbonyl (C=O) groups is 1. The van der Waals surface area contributed by atoms with Gasteiger partial charge in [-0.1, -0.05) is 23.7 Å². The molecule has 0 heterocycles. The lowest BCUT2D eigenvalue weighted by Crippen LogP contribution is -2.21. The van der Waals surface area contributed by atoms with E-state index >= 15 is 0 Å². The molecule has 5 nitrogen and oxygen atoms in total. The zero-order valence-electron chi connectivity index (χ0n) is 14.5. The highest BCUT2D eigenvalue weighted by Gasteiger charge is 2.19. The van der Waals surface area contributed by atoms with Crippen LogP contribution >= 0.6 is 11.6 Å². The molecule has 1 aromatic carbocycles. The van der Waals surface area contributed by atoms with Crippen LogP contribution < -0.4 is 10.1 Å². The summed E-state index contributed by atoms with van der Waals surface area (Å²) in [6, 6.07) is 5.35. The van der Waals surface area contributed by atoms with Gasteiger partial charge in [0.25, 0.3) is 0 Å². The molecule has 0 aliphatic heterocycles. The Morgan fingerprint density at radius 2 is 2.20 bits per heavy atom. The third-order valence-corrected chi connectivity index (χ3v) is 4.07. The summed E-state index contributed by atoms with van der Waals surface area (Å²) in [6.45, 7) is 4.20. The fourth-order valence-corrected chi connectivity index (χ4v) is 2.56. The van der Waals surface area contributed by atoms with E-state index in [1.807, 2.05) is 32.1 Å². The van der Waals surface area contributed by atoms with Crippen LogP contribution in [0.1, 0.15) is 25.8 Å². The number of halogens is 1. The van der Waals surface area contributed by atoms with Crippen molar-refractivity contribution in [2.24, 2.45) is 4.99 Å². The van der Waals surface area contributed by atoms with E-state index < -0.39 is 5.97 Å². The third-order valence-electron chi connectivity index (χ3n) is 3.84. The quantitative estimate of drug-likeness (QED) is 0.801. The first-order valence-electron chi connectivity index (χ1n) is 7.86. The summed E-state index contributed by atoms with van der Waals surface area (Å²) in [5.41, 5.74) is 3.33. The standard InChI is InChI=1S/C19H21ClN2O3/c1-4-12(2)22-15-7-8-17(16(10-15)19(23)24)21-11-13-5-6-14(20)9-18(13)25-3/h4-9,21H,10-11H2,1-3H3,(H,23,24)/b12-4-,22-15-. The minimum absolute atomic E-state index is 0.275. The second-order valence-electron chi connectivity index (χ2n) is 5.55. The van der Waals surface area contributed by atoms with Gasteiger partial charge in [0.15, 0.2) is 0 Å². The molecule has 2 N–H and O–H groups in total. The Labute approximate surface area is 152 Å². The lowest BCUT2D eigenvalue weighted by atomic mass is 10.00. The van der Waals surface area contributed by atoms with E-state index in [9.17, 15) is 9.90 Å². The molecule has 0 aromatic heterocycles. The summed E-state index contributed by atoms with van der Waals surface area (Å²) in [5, 5.41) is 13.3. The first-order valence-corrected chi connectivity index (χ1v) is 8.23. The number of hydrogen-bond acceptors (Lipinski definition) is 4.